The molecule has 3 rings (SSSR count). The molecule has 0 aromatic heterocycles. The van der Waals surface area contributed by atoms with Crippen LogP contribution in [0.1, 0.15) is 68.9 Å². The molecule has 1 saturated heterocycles. The molecule has 0 bridgehead atoms. The van der Waals surface area contributed by atoms with Crippen molar-refractivity contribution in [1.29, 1.82) is 0 Å². The van der Waals surface area contributed by atoms with Crippen molar-refractivity contribution in [1.82, 2.24) is 10.6 Å². The van der Waals surface area contributed by atoms with Crippen molar-refractivity contribution < 1.29 is 9.47 Å². The second kappa shape index (κ2) is 12.9. The Bertz CT molecular complexity index is 608. The highest BCUT2D eigenvalue weighted by Crippen LogP contribution is 2.28. The minimum absolute atomic E-state index is 0.335. The second-order valence-electron chi connectivity index (χ2n) is 8.44. The molecule has 29 heavy (non-hydrogen) atoms. The average molecular weight is 402 g/mol. The van der Waals surface area contributed by atoms with Gasteiger partial charge in [0.05, 0.1) is 12.7 Å². The Kier molecular flexibility index (Phi) is 9.80. The number of ether oxygens (including phenoxy) is 2. The molecule has 1 aromatic rings. The summed E-state index contributed by atoms with van der Waals surface area (Å²) < 4.78 is 11.4. The lowest BCUT2D eigenvalue weighted by Gasteiger charge is -2.22. The largest absolute Gasteiger partial charge is 0.381 e. The van der Waals surface area contributed by atoms with E-state index in [1.807, 2.05) is 7.05 Å². The third kappa shape index (κ3) is 8.35. The summed E-state index contributed by atoms with van der Waals surface area (Å²) in [6, 6.07) is 8.63. The summed E-state index contributed by atoms with van der Waals surface area (Å²) in [6.07, 6.45) is 12.1. The van der Waals surface area contributed by atoms with Crippen LogP contribution in [0.5, 0.6) is 0 Å². The van der Waals surface area contributed by atoms with Crippen LogP contribution in [0.15, 0.2) is 29.3 Å². The predicted molar refractivity (Wildman–Crippen MR) is 119 cm³/mol. The van der Waals surface area contributed by atoms with Crippen LogP contribution in [0, 0.1) is 5.92 Å². The molecule has 1 aliphatic carbocycles. The van der Waals surface area contributed by atoms with Gasteiger partial charge in [-0.2, -0.15) is 0 Å². The molecule has 1 aromatic carbocycles. The zero-order valence-electron chi connectivity index (χ0n) is 18.1. The van der Waals surface area contributed by atoms with Crippen LogP contribution in [0.3, 0.4) is 0 Å². The number of rotatable bonds is 10. The summed E-state index contributed by atoms with van der Waals surface area (Å²) in [5.74, 6) is 1.88. The number of hydrogen-bond acceptors (Lipinski definition) is 3. The fourth-order valence-corrected chi connectivity index (χ4v) is 4.36. The number of nitrogens with zero attached hydrogens (tertiary/aromatic N) is 1. The first-order valence-electron chi connectivity index (χ1n) is 11.5. The lowest BCUT2D eigenvalue weighted by atomic mass is 10.0. The average Bonchev–Trinajstić information content (AvgIpc) is 3.29. The zero-order chi connectivity index (χ0) is 20.2. The molecule has 162 valence electrons. The molecule has 2 aliphatic rings. The van der Waals surface area contributed by atoms with Crippen molar-refractivity contribution in [2.24, 2.45) is 10.9 Å². The van der Waals surface area contributed by atoms with E-state index in [-0.39, 0.29) is 0 Å². The topological polar surface area (TPSA) is 54.9 Å². The summed E-state index contributed by atoms with van der Waals surface area (Å²) >= 11 is 0. The molecule has 1 aliphatic heterocycles. The first-order valence-corrected chi connectivity index (χ1v) is 11.5. The Morgan fingerprint density at radius 2 is 1.86 bits per heavy atom. The van der Waals surface area contributed by atoms with Crippen LogP contribution in [0.4, 0.5) is 0 Å². The van der Waals surface area contributed by atoms with Gasteiger partial charge in [-0.3, -0.25) is 4.99 Å². The molecule has 0 spiro atoms. The van der Waals surface area contributed by atoms with Gasteiger partial charge < -0.3 is 20.1 Å². The van der Waals surface area contributed by atoms with Crippen molar-refractivity contribution in [3.63, 3.8) is 0 Å². The third-order valence-corrected chi connectivity index (χ3v) is 6.14. The highest BCUT2D eigenvalue weighted by atomic mass is 16.5. The number of unbranched alkanes of at least 4 members (excludes halogenated alkanes) is 1. The van der Waals surface area contributed by atoms with Gasteiger partial charge in [-0.25, -0.2) is 0 Å². The quantitative estimate of drug-likeness (QED) is 0.346. The smallest absolute Gasteiger partial charge is 0.191 e. The van der Waals surface area contributed by atoms with Crippen LogP contribution < -0.4 is 10.6 Å². The molecule has 0 atom stereocenters. The summed E-state index contributed by atoms with van der Waals surface area (Å²) in [4.78, 5) is 4.36. The van der Waals surface area contributed by atoms with Gasteiger partial charge in [0.15, 0.2) is 5.96 Å². The van der Waals surface area contributed by atoms with E-state index in [0.29, 0.717) is 12.7 Å². The van der Waals surface area contributed by atoms with Gasteiger partial charge in [-0.15, -0.1) is 0 Å². The molecule has 2 N–H and O–H groups in total. The molecular formula is C24H39N3O2. The number of benzene rings is 1. The second-order valence-corrected chi connectivity index (χ2v) is 8.44. The molecule has 5 heteroatoms. The normalized spacial score (nSPS) is 18.9. The number of aliphatic imine (C=N–C) groups is 1. The Labute approximate surface area is 176 Å². The van der Waals surface area contributed by atoms with E-state index in [2.05, 4.69) is 39.9 Å². The Hall–Kier alpha value is -1.59. The first kappa shape index (κ1) is 22.1. The standard InChI is InChI=1S/C24H39N3O2/c1-25-24(26-14-5-4-9-20-7-2-3-8-20)27-18-21-10-6-11-22(17-21)19-29-23-12-15-28-16-13-23/h6,10-11,17,20,23H,2-5,7-9,12-16,18-19H2,1H3,(H2,25,26,27). The maximum absolute atomic E-state index is 6.05. The van der Waals surface area contributed by atoms with E-state index in [1.54, 1.807) is 0 Å². The summed E-state index contributed by atoms with van der Waals surface area (Å²) in [7, 11) is 1.84. The molecule has 2 fully saturated rings. The third-order valence-electron chi connectivity index (χ3n) is 6.14. The molecule has 0 unspecified atom stereocenters. The Balaban J connectivity index is 1.32. The summed E-state index contributed by atoms with van der Waals surface area (Å²) in [6.45, 7) is 4.08. The Morgan fingerprint density at radius 3 is 2.66 bits per heavy atom. The molecule has 0 amide bonds. The van der Waals surface area contributed by atoms with Crippen LogP contribution in [0.2, 0.25) is 0 Å². The van der Waals surface area contributed by atoms with Gasteiger partial charge in [0, 0.05) is 33.4 Å². The van der Waals surface area contributed by atoms with Gasteiger partial charge in [0.25, 0.3) is 0 Å². The molecule has 0 radical (unpaired) electrons. The zero-order valence-corrected chi connectivity index (χ0v) is 18.1. The molecule has 5 nitrogen and oxygen atoms in total. The monoisotopic (exact) mass is 401 g/mol. The highest BCUT2D eigenvalue weighted by molar-refractivity contribution is 5.79. The van der Waals surface area contributed by atoms with Gasteiger partial charge >= 0.3 is 0 Å². The summed E-state index contributed by atoms with van der Waals surface area (Å²) in [5.41, 5.74) is 2.48. The fraction of sp³-hybridized carbons (Fsp3) is 0.708. The van der Waals surface area contributed by atoms with Gasteiger partial charge in [-0.1, -0.05) is 62.8 Å². The van der Waals surface area contributed by atoms with E-state index >= 15 is 0 Å². The van der Waals surface area contributed by atoms with Gasteiger partial charge in [-0.05, 0) is 36.3 Å². The van der Waals surface area contributed by atoms with Crippen LogP contribution in [-0.2, 0) is 22.6 Å². The Morgan fingerprint density at radius 1 is 1.07 bits per heavy atom. The predicted octanol–water partition coefficient (Wildman–Crippen LogP) is 4.41. The van der Waals surface area contributed by atoms with E-state index < -0.39 is 0 Å². The molecule has 1 saturated carbocycles. The van der Waals surface area contributed by atoms with E-state index in [0.717, 1.165) is 51.0 Å². The van der Waals surface area contributed by atoms with Crippen LogP contribution >= 0.6 is 0 Å². The number of guanidine groups is 1. The van der Waals surface area contributed by atoms with Crippen molar-refractivity contribution in [2.45, 2.75) is 77.0 Å². The van der Waals surface area contributed by atoms with Crippen LogP contribution in [-0.4, -0.2) is 38.9 Å². The molecular weight excluding hydrogens is 362 g/mol. The minimum atomic E-state index is 0.335. The molecule has 1 heterocycles. The lowest BCUT2D eigenvalue weighted by molar-refractivity contribution is -0.0390. The van der Waals surface area contributed by atoms with Crippen molar-refractivity contribution in [3.05, 3.63) is 35.4 Å². The fourth-order valence-electron chi connectivity index (χ4n) is 4.36. The van der Waals surface area contributed by atoms with Crippen LogP contribution in [0.25, 0.3) is 0 Å². The van der Waals surface area contributed by atoms with Crippen molar-refractivity contribution in [3.8, 4) is 0 Å². The van der Waals surface area contributed by atoms with Crippen molar-refractivity contribution >= 4 is 5.96 Å². The van der Waals surface area contributed by atoms with Gasteiger partial charge in [0.2, 0.25) is 0 Å². The van der Waals surface area contributed by atoms with E-state index in [4.69, 9.17) is 9.47 Å². The minimum Gasteiger partial charge on any atom is -0.381 e. The number of hydrogen-bond donors (Lipinski definition) is 2. The highest BCUT2D eigenvalue weighted by Gasteiger charge is 2.15. The van der Waals surface area contributed by atoms with Gasteiger partial charge in [0.1, 0.15) is 0 Å². The maximum atomic E-state index is 6.05. The van der Waals surface area contributed by atoms with Crippen molar-refractivity contribution in [2.75, 3.05) is 26.8 Å². The summed E-state index contributed by atoms with van der Waals surface area (Å²) in [5, 5.41) is 6.88. The number of nitrogens with one attached hydrogen (secondary N) is 2. The van der Waals surface area contributed by atoms with E-state index in [1.165, 1.54) is 56.1 Å². The first-order chi connectivity index (χ1) is 14.3. The maximum Gasteiger partial charge on any atom is 0.191 e. The lowest BCUT2D eigenvalue weighted by Crippen LogP contribution is -2.37. The SMILES string of the molecule is CN=C(NCCCCC1CCCC1)NCc1cccc(COC2CCOCC2)c1. The van der Waals surface area contributed by atoms with E-state index in [9.17, 15) is 0 Å².